The van der Waals surface area contributed by atoms with E-state index in [0.717, 1.165) is 29.9 Å². The van der Waals surface area contributed by atoms with Crippen molar-refractivity contribution in [3.63, 3.8) is 0 Å². The van der Waals surface area contributed by atoms with Crippen molar-refractivity contribution >= 4 is 23.1 Å². The molecule has 0 amide bonds. The lowest BCUT2D eigenvalue weighted by atomic mass is 9.90. The molecule has 0 aromatic heterocycles. The minimum atomic E-state index is -0.316. The standard InChI is InChI=1S/C27H26N2O2S/c1-19-24(26(30)22-12-6-3-7-13-22)25(29-27(32)28-19)21-14-16-23(17-15-21)31-18-8-11-20-9-4-2-5-10-20/h2-7,9-10,12-17,25H,8,11,18H2,1H3,(H2,28,29,32). The fourth-order valence-electron chi connectivity index (χ4n) is 3.86. The van der Waals surface area contributed by atoms with Crippen LogP contribution < -0.4 is 15.4 Å². The number of thiocarbonyl (C=S) groups is 1. The number of Topliss-reactive ketones (excluding diaryl/α,β-unsaturated/α-hetero) is 1. The third-order valence-electron chi connectivity index (χ3n) is 5.48. The maximum atomic E-state index is 13.3. The number of hydrogen-bond donors (Lipinski definition) is 2. The summed E-state index contributed by atoms with van der Waals surface area (Å²) in [4.78, 5) is 13.3. The monoisotopic (exact) mass is 442 g/mol. The highest BCUT2D eigenvalue weighted by Gasteiger charge is 2.30. The zero-order valence-corrected chi connectivity index (χ0v) is 18.8. The summed E-state index contributed by atoms with van der Waals surface area (Å²) in [5.74, 6) is 0.798. The van der Waals surface area contributed by atoms with Crippen LogP contribution in [-0.4, -0.2) is 17.5 Å². The molecule has 3 aromatic carbocycles. The Bertz CT molecular complexity index is 1110. The second kappa shape index (κ2) is 10.2. The largest absolute Gasteiger partial charge is 0.494 e. The van der Waals surface area contributed by atoms with Gasteiger partial charge >= 0.3 is 0 Å². The van der Waals surface area contributed by atoms with Gasteiger partial charge in [0.1, 0.15) is 5.75 Å². The molecule has 0 saturated carbocycles. The van der Waals surface area contributed by atoms with E-state index in [-0.39, 0.29) is 11.8 Å². The van der Waals surface area contributed by atoms with E-state index in [1.807, 2.05) is 67.6 Å². The van der Waals surface area contributed by atoms with Crippen molar-refractivity contribution in [2.75, 3.05) is 6.61 Å². The number of aryl methyl sites for hydroxylation is 1. The Morgan fingerprint density at radius 2 is 1.59 bits per heavy atom. The normalized spacial score (nSPS) is 15.7. The molecule has 2 N–H and O–H groups in total. The minimum Gasteiger partial charge on any atom is -0.494 e. The molecule has 0 radical (unpaired) electrons. The summed E-state index contributed by atoms with van der Waals surface area (Å²) in [6.07, 6.45) is 1.94. The maximum absolute atomic E-state index is 13.3. The topological polar surface area (TPSA) is 50.4 Å². The van der Waals surface area contributed by atoms with Crippen LogP contribution in [0.15, 0.2) is 96.2 Å². The van der Waals surface area contributed by atoms with E-state index in [1.54, 1.807) is 0 Å². The number of nitrogens with one attached hydrogen (secondary N) is 2. The highest BCUT2D eigenvalue weighted by Crippen LogP contribution is 2.30. The molecule has 1 aliphatic rings. The number of allylic oxidation sites excluding steroid dienone is 1. The van der Waals surface area contributed by atoms with Gasteiger partial charge in [0.15, 0.2) is 10.9 Å². The molecular formula is C27H26N2O2S. The third-order valence-corrected chi connectivity index (χ3v) is 5.70. The molecule has 5 heteroatoms. The van der Waals surface area contributed by atoms with Crippen LogP contribution in [0, 0.1) is 0 Å². The van der Waals surface area contributed by atoms with E-state index in [2.05, 4.69) is 34.9 Å². The number of benzene rings is 3. The van der Waals surface area contributed by atoms with Crippen molar-refractivity contribution in [1.82, 2.24) is 10.6 Å². The number of carbonyl (C=O) groups excluding carboxylic acids is 1. The number of ketones is 1. The summed E-state index contributed by atoms with van der Waals surface area (Å²) in [6, 6.07) is 27.3. The van der Waals surface area contributed by atoms with Gasteiger partial charge in [-0.1, -0.05) is 72.8 Å². The predicted molar refractivity (Wildman–Crippen MR) is 132 cm³/mol. The van der Waals surface area contributed by atoms with Crippen molar-refractivity contribution < 1.29 is 9.53 Å². The van der Waals surface area contributed by atoms with Gasteiger partial charge in [0.2, 0.25) is 0 Å². The van der Waals surface area contributed by atoms with Gasteiger partial charge in [-0.3, -0.25) is 4.79 Å². The Morgan fingerprint density at radius 1 is 0.938 bits per heavy atom. The number of ether oxygens (including phenoxy) is 1. The Morgan fingerprint density at radius 3 is 2.28 bits per heavy atom. The first-order chi connectivity index (χ1) is 15.6. The van der Waals surface area contributed by atoms with Gasteiger partial charge < -0.3 is 15.4 Å². The zero-order valence-electron chi connectivity index (χ0n) is 18.0. The lowest BCUT2D eigenvalue weighted by Gasteiger charge is -2.30. The average molecular weight is 443 g/mol. The summed E-state index contributed by atoms with van der Waals surface area (Å²) in [7, 11) is 0. The van der Waals surface area contributed by atoms with Gasteiger partial charge in [0.25, 0.3) is 0 Å². The summed E-state index contributed by atoms with van der Waals surface area (Å²) in [5, 5.41) is 6.86. The second-order valence-electron chi connectivity index (χ2n) is 7.77. The quantitative estimate of drug-likeness (QED) is 0.279. The molecular weight excluding hydrogens is 416 g/mol. The van der Waals surface area contributed by atoms with Crippen LogP contribution in [0.3, 0.4) is 0 Å². The van der Waals surface area contributed by atoms with Gasteiger partial charge in [-0.25, -0.2) is 0 Å². The molecule has 0 aliphatic carbocycles. The Hall–Kier alpha value is -3.44. The lowest BCUT2D eigenvalue weighted by Crippen LogP contribution is -2.44. The van der Waals surface area contributed by atoms with Crippen molar-refractivity contribution in [3.8, 4) is 5.75 Å². The molecule has 1 aliphatic heterocycles. The van der Waals surface area contributed by atoms with E-state index < -0.39 is 0 Å². The van der Waals surface area contributed by atoms with Gasteiger partial charge in [0, 0.05) is 16.8 Å². The van der Waals surface area contributed by atoms with Gasteiger partial charge in [-0.2, -0.15) is 0 Å². The van der Waals surface area contributed by atoms with E-state index in [4.69, 9.17) is 17.0 Å². The summed E-state index contributed by atoms with van der Waals surface area (Å²) in [5.41, 5.74) is 4.37. The molecule has 32 heavy (non-hydrogen) atoms. The van der Waals surface area contributed by atoms with Crippen molar-refractivity contribution in [2.45, 2.75) is 25.8 Å². The van der Waals surface area contributed by atoms with Crippen molar-refractivity contribution in [1.29, 1.82) is 0 Å². The van der Waals surface area contributed by atoms with Crippen LogP contribution in [0.25, 0.3) is 0 Å². The first-order valence-corrected chi connectivity index (χ1v) is 11.2. The third kappa shape index (κ3) is 5.24. The molecule has 0 bridgehead atoms. The van der Waals surface area contributed by atoms with E-state index in [0.29, 0.717) is 22.9 Å². The first-order valence-electron chi connectivity index (χ1n) is 10.8. The average Bonchev–Trinajstić information content (AvgIpc) is 2.83. The summed E-state index contributed by atoms with van der Waals surface area (Å²) >= 11 is 5.36. The van der Waals surface area contributed by atoms with Crippen molar-refractivity contribution in [2.24, 2.45) is 0 Å². The molecule has 4 nitrogen and oxygen atoms in total. The van der Waals surface area contributed by atoms with Gasteiger partial charge in [-0.15, -0.1) is 0 Å². The molecule has 162 valence electrons. The van der Waals surface area contributed by atoms with Gasteiger partial charge in [-0.05, 0) is 55.2 Å². The van der Waals surface area contributed by atoms with E-state index in [9.17, 15) is 4.79 Å². The zero-order chi connectivity index (χ0) is 22.3. The number of hydrogen-bond acceptors (Lipinski definition) is 3. The molecule has 1 unspecified atom stereocenters. The lowest BCUT2D eigenvalue weighted by molar-refractivity contribution is 0.102. The van der Waals surface area contributed by atoms with Gasteiger partial charge in [0.05, 0.1) is 12.6 Å². The van der Waals surface area contributed by atoms with E-state index in [1.165, 1.54) is 5.56 Å². The second-order valence-corrected chi connectivity index (χ2v) is 8.18. The highest BCUT2D eigenvalue weighted by atomic mass is 32.1. The number of rotatable bonds is 8. The smallest absolute Gasteiger partial charge is 0.193 e. The summed E-state index contributed by atoms with van der Waals surface area (Å²) < 4.78 is 5.92. The fourth-order valence-corrected chi connectivity index (χ4v) is 4.13. The minimum absolute atomic E-state index is 0.0168. The fraction of sp³-hybridized carbons (Fsp3) is 0.185. The Balaban J connectivity index is 1.44. The van der Waals surface area contributed by atoms with Crippen LogP contribution in [0.4, 0.5) is 0 Å². The van der Waals surface area contributed by atoms with E-state index >= 15 is 0 Å². The molecule has 4 rings (SSSR count). The molecule has 1 atom stereocenters. The summed E-state index contributed by atoms with van der Waals surface area (Å²) in [6.45, 7) is 2.54. The van der Waals surface area contributed by atoms with Crippen molar-refractivity contribution in [3.05, 3.63) is 113 Å². The van der Waals surface area contributed by atoms with Crippen LogP contribution in [0.2, 0.25) is 0 Å². The maximum Gasteiger partial charge on any atom is 0.193 e. The predicted octanol–water partition coefficient (Wildman–Crippen LogP) is 5.37. The molecule has 1 heterocycles. The highest BCUT2D eigenvalue weighted by molar-refractivity contribution is 7.80. The first kappa shape index (κ1) is 21.8. The van der Waals surface area contributed by atoms with Crippen LogP contribution >= 0.6 is 12.2 Å². The number of carbonyl (C=O) groups is 1. The SMILES string of the molecule is CC1=C(C(=O)c2ccccc2)C(c2ccc(OCCCc3ccccc3)cc2)NC(=S)N1. The molecule has 0 spiro atoms. The molecule has 0 fully saturated rings. The van der Waals surface area contributed by atoms with Crippen LogP contribution in [0.1, 0.15) is 40.9 Å². The Labute approximate surface area is 194 Å². The van der Waals surface area contributed by atoms with Crippen LogP contribution in [0.5, 0.6) is 5.75 Å². The Kier molecular flexibility index (Phi) is 6.97. The molecule has 0 saturated heterocycles. The molecule has 3 aromatic rings. The van der Waals surface area contributed by atoms with Crippen LogP contribution in [-0.2, 0) is 6.42 Å².